The number of nitrogens with two attached hydrogens (primary N) is 1. The van der Waals surface area contributed by atoms with Gasteiger partial charge in [-0.05, 0) is 19.8 Å². The summed E-state index contributed by atoms with van der Waals surface area (Å²) in [5.74, 6) is -1.35. The minimum atomic E-state index is -1.23. The molecule has 0 bridgehead atoms. The van der Waals surface area contributed by atoms with E-state index in [9.17, 15) is 9.59 Å². The lowest BCUT2D eigenvalue weighted by Gasteiger charge is -2.33. The molecule has 0 aromatic carbocycles. The molecule has 15 heavy (non-hydrogen) atoms. The van der Waals surface area contributed by atoms with Gasteiger partial charge in [0.15, 0.2) is 5.54 Å². The van der Waals surface area contributed by atoms with Crippen molar-refractivity contribution in [1.82, 2.24) is 4.90 Å². The molecule has 0 spiro atoms. The number of aliphatic carboxylic acids is 1. The average molecular weight is 212 g/mol. The molecule has 0 radical (unpaired) electrons. The van der Waals surface area contributed by atoms with Crippen molar-refractivity contribution in [2.75, 3.05) is 13.1 Å². The van der Waals surface area contributed by atoms with Gasteiger partial charge in [-0.2, -0.15) is 0 Å². The van der Waals surface area contributed by atoms with Crippen molar-refractivity contribution >= 4 is 11.9 Å². The standard InChI is InChI=1S/C10H16N2O3/c1-7(2)8(13)12-5-3-4-10(12,6-11)9(14)15/h1,3-6,11H2,2H3,(H,14,15)/t10-/m0/s1. The van der Waals surface area contributed by atoms with Crippen molar-refractivity contribution in [1.29, 1.82) is 0 Å². The number of hydrogen-bond acceptors (Lipinski definition) is 3. The highest BCUT2D eigenvalue weighted by molar-refractivity contribution is 5.97. The predicted molar refractivity (Wildman–Crippen MR) is 55.2 cm³/mol. The Morgan fingerprint density at radius 2 is 2.20 bits per heavy atom. The number of carboxylic acid groups (broad SMARTS) is 1. The third-order valence-electron chi connectivity index (χ3n) is 2.83. The van der Waals surface area contributed by atoms with Crippen LogP contribution in [-0.2, 0) is 9.59 Å². The summed E-state index contributed by atoms with van der Waals surface area (Å²) in [4.78, 5) is 24.3. The van der Waals surface area contributed by atoms with E-state index < -0.39 is 11.5 Å². The molecule has 1 rings (SSSR count). The topological polar surface area (TPSA) is 83.6 Å². The zero-order valence-electron chi connectivity index (χ0n) is 8.82. The van der Waals surface area contributed by atoms with Gasteiger partial charge in [0.2, 0.25) is 5.91 Å². The van der Waals surface area contributed by atoms with Gasteiger partial charge in [0.05, 0.1) is 0 Å². The Balaban J connectivity index is 3.02. The normalized spacial score (nSPS) is 25.3. The Labute approximate surface area is 88.5 Å². The van der Waals surface area contributed by atoms with Crippen molar-refractivity contribution < 1.29 is 14.7 Å². The number of nitrogens with zero attached hydrogens (tertiary/aromatic N) is 1. The van der Waals surface area contributed by atoms with Gasteiger partial charge in [-0.25, -0.2) is 4.79 Å². The quantitative estimate of drug-likeness (QED) is 0.643. The molecule has 0 saturated carbocycles. The van der Waals surface area contributed by atoms with Crippen LogP contribution in [0.1, 0.15) is 19.8 Å². The third kappa shape index (κ3) is 1.74. The number of carbonyl (C=O) groups excluding carboxylic acids is 1. The first-order valence-electron chi connectivity index (χ1n) is 4.86. The molecule has 5 heteroatoms. The van der Waals surface area contributed by atoms with Gasteiger partial charge in [0.25, 0.3) is 0 Å². The molecule has 0 unspecified atom stereocenters. The van der Waals surface area contributed by atoms with E-state index in [-0.39, 0.29) is 12.5 Å². The number of rotatable bonds is 3. The molecule has 3 N–H and O–H groups in total. The molecule has 1 atom stereocenters. The van der Waals surface area contributed by atoms with Crippen LogP contribution in [0.3, 0.4) is 0 Å². The number of likely N-dealkylation sites (tertiary alicyclic amines) is 1. The van der Waals surface area contributed by atoms with E-state index in [2.05, 4.69) is 6.58 Å². The van der Waals surface area contributed by atoms with Gasteiger partial charge >= 0.3 is 5.97 Å². The maximum Gasteiger partial charge on any atom is 0.330 e. The second kappa shape index (κ2) is 4.02. The average Bonchev–Trinajstić information content (AvgIpc) is 2.60. The second-order valence-electron chi connectivity index (χ2n) is 3.88. The Hall–Kier alpha value is -1.36. The molecule has 1 amide bonds. The molecule has 1 aliphatic rings. The minimum Gasteiger partial charge on any atom is -0.479 e. The highest BCUT2D eigenvalue weighted by Crippen LogP contribution is 2.29. The first-order chi connectivity index (χ1) is 6.95. The Kier molecular flexibility index (Phi) is 3.14. The molecule has 0 aromatic rings. The summed E-state index contributed by atoms with van der Waals surface area (Å²) in [5.41, 5.74) is 4.61. The number of hydrogen-bond donors (Lipinski definition) is 2. The van der Waals surface area contributed by atoms with Crippen molar-refractivity contribution in [3.8, 4) is 0 Å². The van der Waals surface area contributed by atoms with Crippen molar-refractivity contribution in [2.45, 2.75) is 25.3 Å². The monoisotopic (exact) mass is 212 g/mol. The Bertz CT molecular complexity index is 314. The van der Waals surface area contributed by atoms with Gasteiger partial charge < -0.3 is 15.7 Å². The number of carboxylic acids is 1. The summed E-state index contributed by atoms with van der Waals surface area (Å²) in [5, 5.41) is 9.16. The van der Waals surface area contributed by atoms with E-state index in [0.29, 0.717) is 25.0 Å². The first-order valence-corrected chi connectivity index (χ1v) is 4.86. The molecule has 0 aliphatic carbocycles. The van der Waals surface area contributed by atoms with E-state index in [1.807, 2.05) is 0 Å². The van der Waals surface area contributed by atoms with E-state index in [0.717, 1.165) is 0 Å². The van der Waals surface area contributed by atoms with Gasteiger partial charge in [0, 0.05) is 18.7 Å². The highest BCUT2D eigenvalue weighted by Gasteiger charge is 2.48. The van der Waals surface area contributed by atoms with Gasteiger partial charge in [-0.15, -0.1) is 0 Å². The van der Waals surface area contributed by atoms with Gasteiger partial charge in [-0.1, -0.05) is 6.58 Å². The highest BCUT2D eigenvalue weighted by atomic mass is 16.4. The van der Waals surface area contributed by atoms with Crippen LogP contribution in [0, 0.1) is 0 Å². The van der Waals surface area contributed by atoms with Crippen LogP contribution in [0.2, 0.25) is 0 Å². The van der Waals surface area contributed by atoms with Crippen LogP contribution in [-0.4, -0.2) is 40.5 Å². The molecule has 1 heterocycles. The molecule has 1 aliphatic heterocycles. The molecule has 1 saturated heterocycles. The zero-order valence-corrected chi connectivity index (χ0v) is 8.82. The minimum absolute atomic E-state index is 0.0542. The zero-order chi connectivity index (χ0) is 11.6. The number of amides is 1. The fourth-order valence-electron chi connectivity index (χ4n) is 1.93. The lowest BCUT2D eigenvalue weighted by Crippen LogP contribution is -2.57. The second-order valence-corrected chi connectivity index (χ2v) is 3.88. The summed E-state index contributed by atoms with van der Waals surface area (Å²) >= 11 is 0. The first kappa shape index (κ1) is 11.7. The van der Waals surface area contributed by atoms with Crippen molar-refractivity contribution in [2.24, 2.45) is 5.73 Å². The van der Waals surface area contributed by atoms with E-state index >= 15 is 0 Å². The van der Waals surface area contributed by atoms with Crippen LogP contribution in [0.4, 0.5) is 0 Å². The summed E-state index contributed by atoms with van der Waals surface area (Å²) in [7, 11) is 0. The molecule has 0 aromatic heterocycles. The lowest BCUT2D eigenvalue weighted by molar-refractivity contribution is -0.154. The SMILES string of the molecule is C=C(C)C(=O)N1CCC[C@]1(CN)C(=O)O. The van der Waals surface area contributed by atoms with Gasteiger partial charge in [0.1, 0.15) is 0 Å². The maximum atomic E-state index is 11.7. The third-order valence-corrected chi connectivity index (χ3v) is 2.83. The van der Waals surface area contributed by atoms with Crippen molar-refractivity contribution in [3.05, 3.63) is 12.2 Å². The van der Waals surface area contributed by atoms with E-state index in [1.54, 1.807) is 6.92 Å². The molecular weight excluding hydrogens is 196 g/mol. The smallest absolute Gasteiger partial charge is 0.330 e. The lowest BCUT2D eigenvalue weighted by atomic mass is 9.96. The molecule has 1 fully saturated rings. The van der Waals surface area contributed by atoms with Crippen LogP contribution in [0.15, 0.2) is 12.2 Å². The van der Waals surface area contributed by atoms with E-state index in [1.165, 1.54) is 4.90 Å². The fourth-order valence-corrected chi connectivity index (χ4v) is 1.93. The fraction of sp³-hybridized carbons (Fsp3) is 0.600. The van der Waals surface area contributed by atoms with E-state index in [4.69, 9.17) is 10.8 Å². The van der Waals surface area contributed by atoms with Crippen LogP contribution in [0.5, 0.6) is 0 Å². The number of carbonyl (C=O) groups is 2. The molecule has 5 nitrogen and oxygen atoms in total. The van der Waals surface area contributed by atoms with Crippen LogP contribution >= 0.6 is 0 Å². The largest absolute Gasteiger partial charge is 0.479 e. The van der Waals surface area contributed by atoms with Crippen molar-refractivity contribution in [3.63, 3.8) is 0 Å². The summed E-state index contributed by atoms with van der Waals surface area (Å²) in [6.07, 6.45) is 1.08. The predicted octanol–water partition coefficient (Wildman–Crippen LogP) is -0.0330. The van der Waals surface area contributed by atoms with Crippen LogP contribution < -0.4 is 5.73 Å². The Morgan fingerprint density at radius 3 is 2.60 bits per heavy atom. The molecular formula is C10H16N2O3. The summed E-state index contributed by atoms with van der Waals surface area (Å²) in [6.45, 7) is 5.49. The van der Waals surface area contributed by atoms with Crippen LogP contribution in [0.25, 0.3) is 0 Å². The van der Waals surface area contributed by atoms with Gasteiger partial charge in [-0.3, -0.25) is 4.79 Å². The maximum absolute atomic E-state index is 11.7. The summed E-state index contributed by atoms with van der Waals surface area (Å²) < 4.78 is 0. The Morgan fingerprint density at radius 1 is 1.60 bits per heavy atom. The molecule has 84 valence electrons. The summed E-state index contributed by atoms with van der Waals surface area (Å²) in [6, 6.07) is 0.